The molecule has 9 heteroatoms. The Kier molecular flexibility index (Phi) is 8.39. The number of morpholine rings is 1. The molecule has 2 amide bonds. The molecule has 0 saturated carbocycles. The number of ether oxygens (including phenoxy) is 3. The average molecular weight is 426 g/mol. The van der Waals surface area contributed by atoms with E-state index >= 15 is 0 Å². The highest BCUT2D eigenvalue weighted by Crippen LogP contribution is 2.22. The van der Waals surface area contributed by atoms with Gasteiger partial charge in [-0.3, -0.25) is 14.5 Å². The van der Waals surface area contributed by atoms with Crippen LogP contribution >= 0.6 is 0 Å². The summed E-state index contributed by atoms with van der Waals surface area (Å²) in [4.78, 5) is 26.0. The van der Waals surface area contributed by atoms with E-state index in [-0.39, 0.29) is 18.4 Å². The van der Waals surface area contributed by atoms with Gasteiger partial charge in [0.2, 0.25) is 0 Å². The monoisotopic (exact) mass is 426 g/mol. The molecule has 0 unspecified atom stereocenters. The molecule has 1 saturated heterocycles. The number of amides is 2. The molecule has 0 aliphatic carbocycles. The third kappa shape index (κ3) is 7.40. The summed E-state index contributed by atoms with van der Waals surface area (Å²) in [5.74, 6) is 0.664. The van der Waals surface area contributed by atoms with E-state index in [0.29, 0.717) is 36.9 Å². The molecular weight excluding hydrogens is 400 g/mol. The minimum absolute atomic E-state index is 0.136. The lowest BCUT2D eigenvalue weighted by atomic mass is 10.2. The summed E-state index contributed by atoms with van der Waals surface area (Å²) in [6, 6.07) is 14.2. The number of para-hydroxylation sites is 2. The van der Waals surface area contributed by atoms with Crippen LogP contribution in [0, 0.1) is 0 Å². The minimum Gasteiger partial charge on any atom is -0.495 e. The van der Waals surface area contributed by atoms with Crippen molar-refractivity contribution < 1.29 is 23.8 Å². The van der Waals surface area contributed by atoms with Gasteiger partial charge in [-0.2, -0.15) is 5.10 Å². The molecule has 0 atom stereocenters. The lowest BCUT2D eigenvalue weighted by Crippen LogP contribution is -2.42. The standard InChI is InChI=1S/C22H26N4O5/c1-29-20-5-3-2-4-19(20)24-22(28)16-31-18-8-6-17(7-9-18)14-23-25-21(27)15-26-10-12-30-13-11-26/h2-9,14H,10-13,15-16H2,1H3,(H,24,28)(H,25,27)/b23-14-. The highest BCUT2D eigenvalue weighted by Gasteiger charge is 2.13. The van der Waals surface area contributed by atoms with E-state index in [4.69, 9.17) is 14.2 Å². The molecule has 0 spiro atoms. The van der Waals surface area contributed by atoms with Gasteiger partial charge >= 0.3 is 0 Å². The van der Waals surface area contributed by atoms with E-state index in [1.165, 1.54) is 0 Å². The summed E-state index contributed by atoms with van der Waals surface area (Å²) in [6.45, 7) is 2.94. The largest absolute Gasteiger partial charge is 0.495 e. The van der Waals surface area contributed by atoms with Crippen LogP contribution in [-0.4, -0.2) is 69.5 Å². The second-order valence-electron chi connectivity index (χ2n) is 6.79. The number of anilines is 1. The van der Waals surface area contributed by atoms with E-state index in [9.17, 15) is 9.59 Å². The molecule has 9 nitrogen and oxygen atoms in total. The number of nitrogens with zero attached hydrogens (tertiary/aromatic N) is 2. The molecule has 2 aromatic carbocycles. The fourth-order valence-corrected chi connectivity index (χ4v) is 2.91. The molecule has 1 heterocycles. The number of hydrogen-bond acceptors (Lipinski definition) is 7. The van der Waals surface area contributed by atoms with Gasteiger partial charge in [0.15, 0.2) is 6.61 Å². The number of methoxy groups -OCH3 is 1. The van der Waals surface area contributed by atoms with Crippen molar-refractivity contribution in [2.45, 2.75) is 0 Å². The van der Waals surface area contributed by atoms with Gasteiger partial charge in [-0.1, -0.05) is 12.1 Å². The van der Waals surface area contributed by atoms with Crippen LogP contribution in [0.15, 0.2) is 53.6 Å². The van der Waals surface area contributed by atoms with Crippen molar-refractivity contribution >= 4 is 23.7 Å². The van der Waals surface area contributed by atoms with Gasteiger partial charge < -0.3 is 19.5 Å². The molecule has 1 aliphatic heterocycles. The predicted octanol–water partition coefficient (Wildman–Crippen LogP) is 1.49. The smallest absolute Gasteiger partial charge is 0.262 e. The minimum atomic E-state index is -0.293. The SMILES string of the molecule is COc1ccccc1NC(=O)COc1ccc(/C=N\NC(=O)CN2CCOCC2)cc1. The summed E-state index contributed by atoms with van der Waals surface area (Å²) in [5.41, 5.74) is 3.89. The Hall–Kier alpha value is -3.43. The molecule has 0 bridgehead atoms. The number of carbonyl (C=O) groups is 2. The van der Waals surface area contributed by atoms with Crippen molar-refractivity contribution in [2.24, 2.45) is 5.10 Å². The van der Waals surface area contributed by atoms with Gasteiger partial charge in [0, 0.05) is 13.1 Å². The molecule has 1 fully saturated rings. The first-order valence-corrected chi connectivity index (χ1v) is 9.92. The van der Waals surface area contributed by atoms with Crippen LogP contribution in [-0.2, 0) is 14.3 Å². The zero-order valence-electron chi connectivity index (χ0n) is 17.4. The molecular formula is C22H26N4O5. The summed E-state index contributed by atoms with van der Waals surface area (Å²) >= 11 is 0. The van der Waals surface area contributed by atoms with Gasteiger partial charge in [0.05, 0.1) is 38.8 Å². The molecule has 2 N–H and O–H groups in total. The number of benzene rings is 2. The van der Waals surface area contributed by atoms with Crippen LogP contribution < -0.4 is 20.2 Å². The van der Waals surface area contributed by atoms with Gasteiger partial charge in [-0.25, -0.2) is 5.43 Å². The summed E-state index contributed by atoms with van der Waals surface area (Å²) in [5, 5.41) is 6.72. The van der Waals surface area contributed by atoms with Gasteiger partial charge in [0.25, 0.3) is 11.8 Å². The quantitative estimate of drug-likeness (QED) is 0.465. The zero-order valence-corrected chi connectivity index (χ0v) is 17.4. The zero-order chi connectivity index (χ0) is 21.9. The lowest BCUT2D eigenvalue weighted by molar-refractivity contribution is -0.123. The van der Waals surface area contributed by atoms with Crippen molar-refractivity contribution in [3.05, 3.63) is 54.1 Å². The van der Waals surface area contributed by atoms with Crippen molar-refractivity contribution in [1.29, 1.82) is 0 Å². The maximum atomic E-state index is 12.1. The number of hydrogen-bond donors (Lipinski definition) is 2. The first-order valence-electron chi connectivity index (χ1n) is 9.92. The van der Waals surface area contributed by atoms with Crippen LogP contribution in [0.3, 0.4) is 0 Å². The van der Waals surface area contributed by atoms with Crippen molar-refractivity contribution in [3.8, 4) is 11.5 Å². The third-order valence-corrected chi connectivity index (χ3v) is 4.50. The van der Waals surface area contributed by atoms with Gasteiger partial charge in [-0.05, 0) is 42.0 Å². The molecule has 2 aromatic rings. The van der Waals surface area contributed by atoms with E-state index in [1.807, 2.05) is 17.0 Å². The maximum Gasteiger partial charge on any atom is 0.262 e. The fourth-order valence-electron chi connectivity index (χ4n) is 2.91. The molecule has 164 valence electrons. The van der Waals surface area contributed by atoms with Crippen molar-refractivity contribution in [3.63, 3.8) is 0 Å². The van der Waals surface area contributed by atoms with E-state index < -0.39 is 0 Å². The van der Waals surface area contributed by atoms with Gasteiger partial charge in [0.1, 0.15) is 11.5 Å². The third-order valence-electron chi connectivity index (χ3n) is 4.50. The maximum absolute atomic E-state index is 12.1. The van der Waals surface area contributed by atoms with Crippen LogP contribution in [0.5, 0.6) is 11.5 Å². The number of nitrogens with one attached hydrogen (secondary N) is 2. The first-order chi connectivity index (χ1) is 15.1. The second-order valence-corrected chi connectivity index (χ2v) is 6.79. The van der Waals surface area contributed by atoms with Crippen molar-refractivity contribution in [1.82, 2.24) is 10.3 Å². The summed E-state index contributed by atoms with van der Waals surface area (Å²) < 4.78 is 16.0. The van der Waals surface area contributed by atoms with E-state index in [0.717, 1.165) is 18.7 Å². The molecule has 0 radical (unpaired) electrons. The Bertz CT molecular complexity index is 895. The Morgan fingerprint density at radius 2 is 1.84 bits per heavy atom. The van der Waals surface area contributed by atoms with E-state index in [2.05, 4.69) is 15.8 Å². The van der Waals surface area contributed by atoms with Crippen LogP contribution in [0.25, 0.3) is 0 Å². The molecule has 1 aliphatic rings. The van der Waals surface area contributed by atoms with Crippen molar-refractivity contribution in [2.75, 3.05) is 51.9 Å². The Morgan fingerprint density at radius 1 is 1.10 bits per heavy atom. The normalized spacial score (nSPS) is 14.2. The molecule has 0 aromatic heterocycles. The molecule has 3 rings (SSSR count). The first kappa shape index (κ1) is 22.3. The van der Waals surface area contributed by atoms with Crippen LogP contribution in [0.4, 0.5) is 5.69 Å². The Balaban J connectivity index is 1.40. The van der Waals surface area contributed by atoms with Gasteiger partial charge in [-0.15, -0.1) is 0 Å². The average Bonchev–Trinajstić information content (AvgIpc) is 2.79. The highest BCUT2D eigenvalue weighted by molar-refractivity contribution is 5.93. The number of carbonyl (C=O) groups excluding carboxylic acids is 2. The Morgan fingerprint density at radius 3 is 2.58 bits per heavy atom. The lowest BCUT2D eigenvalue weighted by Gasteiger charge is -2.25. The van der Waals surface area contributed by atoms with Crippen LogP contribution in [0.2, 0.25) is 0 Å². The summed E-state index contributed by atoms with van der Waals surface area (Å²) in [7, 11) is 1.54. The molecule has 31 heavy (non-hydrogen) atoms. The summed E-state index contributed by atoms with van der Waals surface area (Å²) in [6.07, 6.45) is 1.55. The highest BCUT2D eigenvalue weighted by atomic mass is 16.5. The number of rotatable bonds is 9. The fraction of sp³-hybridized carbons (Fsp3) is 0.318. The van der Waals surface area contributed by atoms with Crippen LogP contribution in [0.1, 0.15) is 5.56 Å². The topological polar surface area (TPSA) is 101 Å². The van der Waals surface area contributed by atoms with E-state index in [1.54, 1.807) is 49.7 Å². The predicted molar refractivity (Wildman–Crippen MR) is 117 cm³/mol. The second kappa shape index (κ2) is 11.7. The Labute approximate surface area is 181 Å². The number of hydrazone groups is 1.